The van der Waals surface area contributed by atoms with Crippen LogP contribution >= 0.6 is 15.9 Å². The van der Waals surface area contributed by atoms with Gasteiger partial charge < -0.3 is 10.3 Å². The fourth-order valence-electron chi connectivity index (χ4n) is 1.74. The van der Waals surface area contributed by atoms with Gasteiger partial charge in [-0.2, -0.15) is 0 Å². The van der Waals surface area contributed by atoms with Crippen LogP contribution in [-0.2, 0) is 0 Å². The summed E-state index contributed by atoms with van der Waals surface area (Å²) < 4.78 is 0.858. The summed E-state index contributed by atoms with van der Waals surface area (Å²) in [5.74, 6) is -0.0112. The first kappa shape index (κ1) is 16.6. The van der Waals surface area contributed by atoms with Gasteiger partial charge in [-0.3, -0.25) is 4.98 Å². The van der Waals surface area contributed by atoms with Gasteiger partial charge in [-0.05, 0) is 45.0 Å². The van der Waals surface area contributed by atoms with Crippen LogP contribution < -0.4 is 5.17 Å². The van der Waals surface area contributed by atoms with E-state index in [1.54, 1.807) is 33.0 Å². The standard InChI is InChI=1S/C16H18BrN3O2/c1-16(2,3)20(22)19-14(11-6-4-7-12(17)10-11)15-13(21)8-5-9-18-15/h4-10,20-21H,1-3H3/b19-14-. The van der Waals surface area contributed by atoms with Crippen molar-refractivity contribution in [1.29, 1.82) is 0 Å². The van der Waals surface area contributed by atoms with Crippen molar-refractivity contribution >= 4 is 21.6 Å². The molecule has 1 aromatic carbocycles. The lowest BCUT2D eigenvalue weighted by Crippen LogP contribution is -3.10. The number of rotatable bonds is 3. The van der Waals surface area contributed by atoms with Gasteiger partial charge in [-0.25, -0.2) is 5.17 Å². The summed E-state index contributed by atoms with van der Waals surface area (Å²) in [5, 5.41) is 26.3. The first-order valence-corrected chi connectivity index (χ1v) is 7.62. The van der Waals surface area contributed by atoms with E-state index in [2.05, 4.69) is 26.0 Å². The third kappa shape index (κ3) is 3.91. The van der Waals surface area contributed by atoms with E-state index >= 15 is 0 Å². The Morgan fingerprint density at radius 2 is 2.00 bits per heavy atom. The zero-order valence-corrected chi connectivity index (χ0v) is 14.3. The van der Waals surface area contributed by atoms with Crippen LogP contribution in [0.3, 0.4) is 0 Å². The molecule has 0 saturated carbocycles. The Bertz CT molecular complexity index is 696. The Labute approximate surface area is 138 Å². The fourth-order valence-corrected chi connectivity index (χ4v) is 2.14. The zero-order valence-electron chi connectivity index (χ0n) is 12.7. The number of hydrogen-bond donors (Lipinski definition) is 2. The van der Waals surface area contributed by atoms with Crippen LogP contribution in [0.1, 0.15) is 32.0 Å². The lowest BCUT2D eigenvalue weighted by Gasteiger charge is -2.30. The maximum Gasteiger partial charge on any atom is 0.155 e. The van der Waals surface area contributed by atoms with Crippen LogP contribution in [0.2, 0.25) is 0 Å². The monoisotopic (exact) mass is 363 g/mol. The van der Waals surface area contributed by atoms with E-state index in [1.165, 1.54) is 6.07 Å². The summed E-state index contributed by atoms with van der Waals surface area (Å²) in [6.07, 6.45) is 1.56. The highest BCUT2D eigenvalue weighted by molar-refractivity contribution is 9.10. The van der Waals surface area contributed by atoms with E-state index in [0.29, 0.717) is 17.0 Å². The minimum Gasteiger partial charge on any atom is -0.606 e. The summed E-state index contributed by atoms with van der Waals surface area (Å²) in [4.78, 5) is 4.17. The van der Waals surface area contributed by atoms with Crippen molar-refractivity contribution in [3.63, 3.8) is 0 Å². The molecule has 0 amide bonds. The van der Waals surface area contributed by atoms with Crippen molar-refractivity contribution in [1.82, 2.24) is 4.98 Å². The molecular weight excluding hydrogens is 346 g/mol. The summed E-state index contributed by atoms with van der Waals surface area (Å²) in [6, 6.07) is 10.5. The third-order valence-corrected chi connectivity index (χ3v) is 3.46. The van der Waals surface area contributed by atoms with Gasteiger partial charge in [0.2, 0.25) is 0 Å². The van der Waals surface area contributed by atoms with E-state index in [0.717, 1.165) is 4.47 Å². The van der Waals surface area contributed by atoms with Crippen LogP contribution in [0.5, 0.6) is 5.75 Å². The molecule has 0 bridgehead atoms. The molecule has 0 saturated heterocycles. The average Bonchev–Trinajstić information content (AvgIpc) is 2.44. The van der Waals surface area contributed by atoms with Crippen molar-refractivity contribution in [2.24, 2.45) is 5.10 Å². The molecule has 6 heteroatoms. The van der Waals surface area contributed by atoms with Crippen molar-refractivity contribution in [2.45, 2.75) is 26.3 Å². The van der Waals surface area contributed by atoms with Gasteiger partial charge in [0.05, 0.1) is 0 Å². The van der Waals surface area contributed by atoms with Crippen molar-refractivity contribution in [3.8, 4) is 5.75 Å². The number of hydroxylamine groups is 1. The number of hydrogen-bond acceptors (Lipinski definition) is 4. The summed E-state index contributed by atoms with van der Waals surface area (Å²) in [7, 11) is 0. The Kier molecular flexibility index (Phi) is 4.95. The first-order chi connectivity index (χ1) is 10.3. The molecule has 2 N–H and O–H groups in total. The van der Waals surface area contributed by atoms with Crippen molar-refractivity contribution < 1.29 is 10.3 Å². The van der Waals surface area contributed by atoms with Crippen LogP contribution in [0.15, 0.2) is 52.2 Å². The second-order valence-corrected chi connectivity index (χ2v) is 6.81. The number of quaternary nitrogens is 1. The molecule has 0 aliphatic rings. The molecule has 0 radical (unpaired) electrons. The topological polar surface area (TPSA) is 73.0 Å². The second-order valence-electron chi connectivity index (χ2n) is 5.90. The average molecular weight is 364 g/mol. The molecule has 22 heavy (non-hydrogen) atoms. The van der Waals surface area contributed by atoms with Gasteiger partial charge in [-0.1, -0.05) is 33.2 Å². The molecule has 1 aromatic heterocycles. The normalized spacial score (nSPS) is 14.0. The van der Waals surface area contributed by atoms with E-state index in [4.69, 9.17) is 0 Å². The number of nitrogens with zero attached hydrogens (tertiary/aromatic N) is 2. The molecule has 1 heterocycles. The second kappa shape index (κ2) is 6.56. The highest BCUT2D eigenvalue weighted by Gasteiger charge is 2.22. The van der Waals surface area contributed by atoms with Crippen molar-refractivity contribution in [2.75, 3.05) is 0 Å². The predicted molar refractivity (Wildman–Crippen MR) is 89.8 cm³/mol. The Hall–Kier alpha value is -1.76. The van der Waals surface area contributed by atoms with Crippen LogP contribution in [0, 0.1) is 5.21 Å². The van der Waals surface area contributed by atoms with E-state index in [9.17, 15) is 10.3 Å². The molecule has 1 unspecified atom stereocenters. The largest absolute Gasteiger partial charge is 0.606 e. The Morgan fingerprint density at radius 1 is 1.27 bits per heavy atom. The summed E-state index contributed by atoms with van der Waals surface area (Å²) in [6.45, 7) is 5.40. The predicted octanol–water partition coefficient (Wildman–Crippen LogP) is 2.48. The summed E-state index contributed by atoms with van der Waals surface area (Å²) in [5.41, 5.74) is 0.750. The molecule has 1 atom stereocenters. The van der Waals surface area contributed by atoms with Gasteiger partial charge in [0.25, 0.3) is 0 Å². The molecule has 0 fully saturated rings. The van der Waals surface area contributed by atoms with Crippen LogP contribution in [0.25, 0.3) is 0 Å². The number of aromatic nitrogens is 1. The SMILES string of the molecule is CC(C)(C)[NH+]([O-])/N=C(/c1cccc(Br)c1)c1ncccc1O. The third-order valence-electron chi connectivity index (χ3n) is 2.96. The molecule has 2 aromatic rings. The highest BCUT2D eigenvalue weighted by Crippen LogP contribution is 2.20. The zero-order chi connectivity index (χ0) is 16.3. The lowest BCUT2D eigenvalue weighted by molar-refractivity contribution is -0.905. The van der Waals surface area contributed by atoms with Gasteiger partial charge >= 0.3 is 0 Å². The number of benzene rings is 1. The first-order valence-electron chi connectivity index (χ1n) is 6.82. The van der Waals surface area contributed by atoms with Gasteiger partial charge in [0.1, 0.15) is 17.0 Å². The number of aromatic hydroxyl groups is 1. The Balaban J connectivity index is 2.60. The molecule has 2 rings (SSSR count). The molecule has 5 nitrogen and oxygen atoms in total. The number of nitrogens with one attached hydrogen (secondary N) is 1. The van der Waals surface area contributed by atoms with Gasteiger partial charge in [0.15, 0.2) is 5.71 Å². The maximum atomic E-state index is 12.3. The minimum absolute atomic E-state index is 0.0112. The molecule has 116 valence electrons. The quantitative estimate of drug-likeness (QED) is 0.649. The molecule has 0 aliphatic carbocycles. The van der Waals surface area contributed by atoms with Gasteiger partial charge in [0, 0.05) is 16.2 Å². The highest BCUT2D eigenvalue weighted by atomic mass is 79.9. The van der Waals surface area contributed by atoms with Crippen molar-refractivity contribution in [3.05, 3.63) is 63.5 Å². The number of pyridine rings is 1. The van der Waals surface area contributed by atoms with Crippen LogP contribution in [-0.4, -0.2) is 21.3 Å². The maximum absolute atomic E-state index is 12.3. The number of halogens is 1. The molecule has 0 spiro atoms. The van der Waals surface area contributed by atoms with E-state index in [1.807, 2.05) is 24.3 Å². The lowest BCUT2D eigenvalue weighted by atomic mass is 10.1. The van der Waals surface area contributed by atoms with Crippen LogP contribution in [0.4, 0.5) is 0 Å². The molecule has 0 aliphatic heterocycles. The Morgan fingerprint density at radius 3 is 2.59 bits per heavy atom. The summed E-state index contributed by atoms with van der Waals surface area (Å²) >= 11 is 3.40. The fraction of sp³-hybridized carbons (Fsp3) is 0.250. The van der Waals surface area contributed by atoms with E-state index < -0.39 is 5.54 Å². The minimum atomic E-state index is -0.609. The van der Waals surface area contributed by atoms with Gasteiger partial charge in [-0.15, -0.1) is 0 Å². The smallest absolute Gasteiger partial charge is 0.155 e. The van der Waals surface area contributed by atoms with E-state index in [-0.39, 0.29) is 10.9 Å². The molecular formula is C16H18BrN3O2.